The summed E-state index contributed by atoms with van der Waals surface area (Å²) >= 11 is 0. The van der Waals surface area contributed by atoms with Crippen LogP contribution in [0.2, 0.25) is 0 Å². The van der Waals surface area contributed by atoms with Gasteiger partial charge in [0.25, 0.3) is 0 Å². The van der Waals surface area contributed by atoms with Gasteiger partial charge in [0.05, 0.1) is 18.6 Å². The number of aliphatic hydroxyl groups is 1. The molecular formula is C13H14O5. The molecular weight excluding hydrogens is 236 g/mol. The average molecular weight is 250 g/mol. The number of benzene rings is 1. The van der Waals surface area contributed by atoms with Crippen molar-refractivity contribution in [1.29, 1.82) is 0 Å². The van der Waals surface area contributed by atoms with Gasteiger partial charge in [0.15, 0.2) is 0 Å². The van der Waals surface area contributed by atoms with E-state index in [2.05, 4.69) is 0 Å². The fraction of sp³-hybridized carbons (Fsp3) is 0.308. The SMILES string of the molecule is CCOC(=O)c1oc2ccc(CO)c(O)c2c1C. The number of carbonyl (C=O) groups is 1. The number of furan rings is 1. The minimum absolute atomic E-state index is 0.0631. The largest absolute Gasteiger partial charge is 0.507 e. The fourth-order valence-electron chi connectivity index (χ4n) is 1.88. The highest BCUT2D eigenvalue weighted by Gasteiger charge is 2.21. The molecule has 2 rings (SSSR count). The van der Waals surface area contributed by atoms with E-state index in [1.165, 1.54) is 0 Å². The van der Waals surface area contributed by atoms with Crippen molar-refractivity contribution in [2.24, 2.45) is 0 Å². The molecule has 0 unspecified atom stereocenters. The van der Waals surface area contributed by atoms with Crippen molar-refractivity contribution < 1.29 is 24.2 Å². The second-order valence-corrected chi connectivity index (χ2v) is 3.88. The summed E-state index contributed by atoms with van der Waals surface area (Å²) in [5, 5.41) is 19.5. The van der Waals surface area contributed by atoms with Crippen molar-refractivity contribution in [3.8, 4) is 5.75 Å². The van der Waals surface area contributed by atoms with Crippen molar-refractivity contribution in [2.75, 3.05) is 6.61 Å². The van der Waals surface area contributed by atoms with Crippen LogP contribution in [0.5, 0.6) is 5.75 Å². The third kappa shape index (κ3) is 1.82. The topological polar surface area (TPSA) is 79.9 Å². The van der Waals surface area contributed by atoms with Gasteiger partial charge in [-0.1, -0.05) is 0 Å². The third-order valence-corrected chi connectivity index (χ3v) is 2.78. The van der Waals surface area contributed by atoms with Crippen LogP contribution in [0, 0.1) is 6.92 Å². The van der Waals surface area contributed by atoms with E-state index >= 15 is 0 Å². The second kappa shape index (κ2) is 4.70. The molecule has 0 aliphatic rings. The van der Waals surface area contributed by atoms with Crippen molar-refractivity contribution >= 4 is 16.9 Å². The van der Waals surface area contributed by atoms with Crippen LogP contribution in [0.15, 0.2) is 16.5 Å². The number of hydrogen-bond acceptors (Lipinski definition) is 5. The molecule has 0 spiro atoms. The van der Waals surface area contributed by atoms with Crippen LogP contribution in [-0.4, -0.2) is 22.8 Å². The van der Waals surface area contributed by atoms with E-state index in [1.807, 2.05) is 0 Å². The molecule has 1 heterocycles. The minimum atomic E-state index is -0.559. The van der Waals surface area contributed by atoms with Gasteiger partial charge in [-0.05, 0) is 26.0 Å². The average Bonchev–Trinajstić information content (AvgIpc) is 2.68. The van der Waals surface area contributed by atoms with E-state index in [9.17, 15) is 9.90 Å². The van der Waals surface area contributed by atoms with E-state index in [0.29, 0.717) is 22.1 Å². The monoisotopic (exact) mass is 250 g/mol. The first kappa shape index (κ1) is 12.4. The van der Waals surface area contributed by atoms with Crippen molar-refractivity contribution in [2.45, 2.75) is 20.5 Å². The maximum absolute atomic E-state index is 11.7. The lowest BCUT2D eigenvalue weighted by atomic mass is 10.1. The molecule has 0 radical (unpaired) electrons. The van der Waals surface area contributed by atoms with E-state index in [1.54, 1.807) is 26.0 Å². The Morgan fingerprint density at radius 2 is 2.17 bits per heavy atom. The number of ether oxygens (including phenoxy) is 1. The zero-order valence-corrected chi connectivity index (χ0v) is 10.2. The Morgan fingerprint density at radius 3 is 2.78 bits per heavy atom. The molecule has 0 amide bonds. The summed E-state index contributed by atoms with van der Waals surface area (Å²) in [7, 11) is 0. The van der Waals surface area contributed by atoms with Gasteiger partial charge in [-0.2, -0.15) is 0 Å². The minimum Gasteiger partial charge on any atom is -0.507 e. The number of rotatable bonds is 3. The number of aromatic hydroxyl groups is 1. The number of aryl methyl sites for hydroxylation is 1. The number of phenols is 1. The van der Waals surface area contributed by atoms with Crippen LogP contribution in [0.4, 0.5) is 0 Å². The zero-order chi connectivity index (χ0) is 13.3. The standard InChI is InChI=1S/C13H14O5/c1-3-17-13(16)12-7(2)10-9(18-12)5-4-8(6-14)11(10)15/h4-5,14-15H,3,6H2,1-2H3. The van der Waals surface area contributed by atoms with Gasteiger partial charge < -0.3 is 19.4 Å². The van der Waals surface area contributed by atoms with Gasteiger partial charge >= 0.3 is 5.97 Å². The van der Waals surface area contributed by atoms with Gasteiger partial charge in [-0.25, -0.2) is 4.79 Å². The van der Waals surface area contributed by atoms with E-state index < -0.39 is 5.97 Å². The molecule has 0 saturated carbocycles. The Morgan fingerprint density at radius 1 is 1.44 bits per heavy atom. The molecule has 1 aromatic heterocycles. The number of aliphatic hydroxyl groups excluding tert-OH is 1. The molecule has 5 nitrogen and oxygen atoms in total. The maximum Gasteiger partial charge on any atom is 0.374 e. The number of fused-ring (bicyclic) bond motifs is 1. The van der Waals surface area contributed by atoms with Crippen LogP contribution in [0.3, 0.4) is 0 Å². The quantitative estimate of drug-likeness (QED) is 0.815. The van der Waals surface area contributed by atoms with E-state index in [4.69, 9.17) is 14.3 Å². The smallest absolute Gasteiger partial charge is 0.374 e. The molecule has 0 fully saturated rings. The number of esters is 1. The summed E-state index contributed by atoms with van der Waals surface area (Å²) < 4.78 is 10.2. The molecule has 2 aromatic rings. The first-order valence-electron chi connectivity index (χ1n) is 5.62. The van der Waals surface area contributed by atoms with Crippen LogP contribution >= 0.6 is 0 Å². The molecule has 0 saturated heterocycles. The fourth-order valence-corrected chi connectivity index (χ4v) is 1.88. The first-order valence-corrected chi connectivity index (χ1v) is 5.62. The summed E-state index contributed by atoms with van der Waals surface area (Å²) in [5.74, 6) is -0.541. The Kier molecular flexibility index (Phi) is 3.25. The lowest BCUT2D eigenvalue weighted by Gasteiger charge is -2.01. The van der Waals surface area contributed by atoms with Crippen molar-refractivity contribution in [3.05, 3.63) is 29.0 Å². The Labute approximate surface area is 104 Å². The summed E-state index contributed by atoms with van der Waals surface area (Å²) in [6.07, 6.45) is 0. The second-order valence-electron chi connectivity index (χ2n) is 3.88. The van der Waals surface area contributed by atoms with Crippen molar-refractivity contribution in [1.82, 2.24) is 0 Å². The third-order valence-electron chi connectivity index (χ3n) is 2.78. The molecule has 2 N–H and O–H groups in total. The van der Waals surface area contributed by atoms with Crippen molar-refractivity contribution in [3.63, 3.8) is 0 Å². The predicted molar refractivity (Wildman–Crippen MR) is 64.5 cm³/mol. The summed E-state index contributed by atoms with van der Waals surface area (Å²) in [6, 6.07) is 3.16. The maximum atomic E-state index is 11.7. The van der Waals surface area contributed by atoms with Crippen LogP contribution < -0.4 is 0 Å². The van der Waals surface area contributed by atoms with E-state index in [-0.39, 0.29) is 24.7 Å². The normalized spacial score (nSPS) is 10.8. The summed E-state index contributed by atoms with van der Waals surface area (Å²) in [5.41, 5.74) is 1.29. The lowest BCUT2D eigenvalue weighted by molar-refractivity contribution is 0.0491. The van der Waals surface area contributed by atoms with E-state index in [0.717, 1.165) is 0 Å². The highest BCUT2D eigenvalue weighted by atomic mass is 16.5. The Balaban J connectivity index is 2.63. The molecule has 96 valence electrons. The van der Waals surface area contributed by atoms with Gasteiger partial charge in [-0.3, -0.25) is 0 Å². The Bertz CT molecular complexity index is 597. The summed E-state index contributed by atoms with van der Waals surface area (Å²) in [4.78, 5) is 11.7. The molecule has 1 aromatic carbocycles. The van der Waals surface area contributed by atoms with Gasteiger partial charge in [0.1, 0.15) is 11.3 Å². The number of hydrogen-bond donors (Lipinski definition) is 2. The Hall–Kier alpha value is -2.01. The highest BCUT2D eigenvalue weighted by Crippen LogP contribution is 2.35. The molecule has 5 heteroatoms. The van der Waals surface area contributed by atoms with Gasteiger partial charge in [0.2, 0.25) is 5.76 Å². The van der Waals surface area contributed by atoms with Crippen LogP contribution in [-0.2, 0) is 11.3 Å². The molecule has 0 aliphatic carbocycles. The van der Waals surface area contributed by atoms with Crippen LogP contribution in [0.25, 0.3) is 11.0 Å². The number of carbonyl (C=O) groups excluding carboxylic acids is 1. The first-order chi connectivity index (χ1) is 8.60. The van der Waals surface area contributed by atoms with Gasteiger partial charge in [-0.15, -0.1) is 0 Å². The summed E-state index contributed by atoms with van der Waals surface area (Å²) in [6.45, 7) is 3.35. The lowest BCUT2D eigenvalue weighted by Crippen LogP contribution is -2.04. The molecule has 0 atom stereocenters. The predicted octanol–water partition coefficient (Wildman–Crippen LogP) is 2.12. The molecule has 18 heavy (non-hydrogen) atoms. The molecule has 0 aliphatic heterocycles. The zero-order valence-electron chi connectivity index (χ0n) is 10.2. The highest BCUT2D eigenvalue weighted by molar-refractivity contribution is 5.98. The molecule has 0 bridgehead atoms. The van der Waals surface area contributed by atoms with Gasteiger partial charge in [0, 0.05) is 11.1 Å². The van der Waals surface area contributed by atoms with Crippen LogP contribution in [0.1, 0.15) is 28.6 Å².